The first kappa shape index (κ1) is 24.0. The Morgan fingerprint density at radius 1 is 1.20 bits per heavy atom. The molecule has 0 saturated heterocycles. The van der Waals surface area contributed by atoms with Crippen molar-refractivity contribution in [3.8, 4) is 5.75 Å². The normalized spacial score (nSPS) is 11.3. The molecule has 0 unspecified atom stereocenters. The number of rotatable bonds is 7. The van der Waals surface area contributed by atoms with E-state index in [1.807, 2.05) is 52.0 Å². The number of ether oxygens (including phenoxy) is 1. The van der Waals surface area contributed by atoms with Crippen LogP contribution in [-0.4, -0.2) is 43.6 Å². The van der Waals surface area contributed by atoms with Crippen LogP contribution in [0, 0.1) is 0 Å². The van der Waals surface area contributed by atoms with Gasteiger partial charge in [-0.15, -0.1) is 24.0 Å². The Labute approximate surface area is 175 Å². The first-order valence-electron chi connectivity index (χ1n) is 8.01. The van der Waals surface area contributed by atoms with Gasteiger partial charge in [0.15, 0.2) is 5.96 Å². The fourth-order valence-electron chi connectivity index (χ4n) is 1.82. The number of hydrogen-bond donors (Lipinski definition) is 3. The Bertz CT molecular complexity index is 545. The van der Waals surface area contributed by atoms with Gasteiger partial charge in [-0.1, -0.05) is 15.9 Å². The zero-order valence-corrected chi connectivity index (χ0v) is 19.1. The van der Waals surface area contributed by atoms with Gasteiger partial charge in [-0.25, -0.2) is 4.99 Å². The number of hydrogen-bond acceptors (Lipinski definition) is 3. The van der Waals surface area contributed by atoms with Crippen molar-refractivity contribution in [2.24, 2.45) is 4.99 Å². The molecule has 1 aromatic rings. The molecule has 1 amide bonds. The molecule has 0 aromatic heterocycles. The molecule has 0 bridgehead atoms. The highest BCUT2D eigenvalue weighted by atomic mass is 127. The predicted octanol–water partition coefficient (Wildman–Crippen LogP) is 2.92. The van der Waals surface area contributed by atoms with Crippen LogP contribution in [0.5, 0.6) is 5.75 Å². The third-order valence-corrected chi connectivity index (χ3v) is 3.24. The molecule has 0 fully saturated rings. The minimum atomic E-state index is -0.253. The SMILES string of the molecule is CCNC(=NCC(=O)NC(C)(C)C)NCCOc1ccc(Br)cc1.I. The molecule has 142 valence electrons. The van der Waals surface area contributed by atoms with Crippen LogP contribution in [-0.2, 0) is 4.79 Å². The van der Waals surface area contributed by atoms with Crippen molar-refractivity contribution in [2.75, 3.05) is 26.2 Å². The predicted molar refractivity (Wildman–Crippen MR) is 117 cm³/mol. The third-order valence-electron chi connectivity index (χ3n) is 2.72. The first-order chi connectivity index (χ1) is 11.3. The molecule has 0 aliphatic heterocycles. The van der Waals surface area contributed by atoms with E-state index in [2.05, 4.69) is 36.9 Å². The van der Waals surface area contributed by atoms with Gasteiger partial charge in [-0.2, -0.15) is 0 Å². The van der Waals surface area contributed by atoms with Gasteiger partial charge >= 0.3 is 0 Å². The maximum Gasteiger partial charge on any atom is 0.242 e. The first-order valence-corrected chi connectivity index (χ1v) is 8.81. The molecule has 0 atom stereocenters. The number of carbonyl (C=O) groups is 1. The van der Waals surface area contributed by atoms with E-state index in [0.29, 0.717) is 19.1 Å². The van der Waals surface area contributed by atoms with Gasteiger partial charge < -0.3 is 20.7 Å². The van der Waals surface area contributed by atoms with E-state index < -0.39 is 0 Å². The maximum atomic E-state index is 11.8. The van der Waals surface area contributed by atoms with Crippen LogP contribution in [0.4, 0.5) is 0 Å². The second-order valence-electron chi connectivity index (χ2n) is 6.22. The molecule has 0 spiro atoms. The zero-order valence-electron chi connectivity index (χ0n) is 15.2. The van der Waals surface area contributed by atoms with Crippen molar-refractivity contribution in [2.45, 2.75) is 33.2 Å². The second kappa shape index (κ2) is 12.3. The summed E-state index contributed by atoms with van der Waals surface area (Å²) in [6, 6.07) is 7.67. The van der Waals surface area contributed by atoms with Crippen molar-refractivity contribution >= 4 is 51.8 Å². The lowest BCUT2D eigenvalue weighted by atomic mass is 10.1. The molecule has 0 aliphatic carbocycles. The topological polar surface area (TPSA) is 74.8 Å². The molecule has 0 radical (unpaired) electrons. The summed E-state index contributed by atoms with van der Waals surface area (Å²) < 4.78 is 6.65. The van der Waals surface area contributed by atoms with Crippen LogP contribution in [0.2, 0.25) is 0 Å². The average Bonchev–Trinajstić information content (AvgIpc) is 2.49. The van der Waals surface area contributed by atoms with Gasteiger partial charge in [-0.3, -0.25) is 4.79 Å². The maximum absolute atomic E-state index is 11.8. The monoisotopic (exact) mass is 526 g/mol. The van der Waals surface area contributed by atoms with Gasteiger partial charge in [-0.05, 0) is 52.0 Å². The van der Waals surface area contributed by atoms with Crippen LogP contribution in [0.3, 0.4) is 0 Å². The third kappa shape index (κ3) is 12.0. The summed E-state index contributed by atoms with van der Waals surface area (Å²) in [6.45, 7) is 9.70. The smallest absolute Gasteiger partial charge is 0.242 e. The summed E-state index contributed by atoms with van der Waals surface area (Å²) >= 11 is 3.39. The van der Waals surface area contributed by atoms with Crippen molar-refractivity contribution in [3.63, 3.8) is 0 Å². The molecule has 0 heterocycles. The molecule has 0 saturated carbocycles. The molecule has 8 heteroatoms. The van der Waals surface area contributed by atoms with Gasteiger partial charge in [0, 0.05) is 16.6 Å². The Balaban J connectivity index is 0.00000576. The Morgan fingerprint density at radius 3 is 2.40 bits per heavy atom. The number of halogens is 2. The quantitative estimate of drug-likeness (QED) is 0.221. The summed E-state index contributed by atoms with van der Waals surface area (Å²) in [5.74, 6) is 1.30. The highest BCUT2D eigenvalue weighted by molar-refractivity contribution is 14.0. The van der Waals surface area contributed by atoms with E-state index in [4.69, 9.17) is 4.74 Å². The van der Waals surface area contributed by atoms with E-state index in [1.165, 1.54) is 0 Å². The van der Waals surface area contributed by atoms with Crippen LogP contribution in [0.15, 0.2) is 33.7 Å². The van der Waals surface area contributed by atoms with E-state index in [0.717, 1.165) is 16.8 Å². The van der Waals surface area contributed by atoms with E-state index in [-0.39, 0.29) is 42.0 Å². The standard InChI is InChI=1S/C17H27BrN4O2.HI/c1-5-19-16(21-12-15(23)22-17(2,3)4)20-10-11-24-14-8-6-13(18)7-9-14;/h6-9H,5,10-12H2,1-4H3,(H,22,23)(H2,19,20,21);1H. The van der Waals surface area contributed by atoms with E-state index in [1.54, 1.807) is 0 Å². The van der Waals surface area contributed by atoms with Crippen molar-refractivity contribution in [1.29, 1.82) is 0 Å². The number of nitrogens with one attached hydrogen (secondary N) is 3. The van der Waals surface area contributed by atoms with Crippen LogP contribution < -0.4 is 20.7 Å². The Kier molecular flexibility index (Phi) is 11.8. The molecule has 25 heavy (non-hydrogen) atoms. The Hall–Kier alpha value is -1.03. The summed E-state index contributed by atoms with van der Waals surface area (Å²) in [6.07, 6.45) is 0. The highest BCUT2D eigenvalue weighted by Gasteiger charge is 2.13. The summed E-state index contributed by atoms with van der Waals surface area (Å²) in [7, 11) is 0. The lowest BCUT2D eigenvalue weighted by molar-refractivity contribution is -0.121. The van der Waals surface area contributed by atoms with E-state index in [9.17, 15) is 4.79 Å². The number of benzene rings is 1. The zero-order chi connectivity index (χ0) is 18.0. The van der Waals surface area contributed by atoms with Crippen molar-refractivity contribution in [3.05, 3.63) is 28.7 Å². The number of amides is 1. The number of guanidine groups is 1. The second-order valence-corrected chi connectivity index (χ2v) is 7.14. The Morgan fingerprint density at radius 2 is 1.84 bits per heavy atom. The molecular weight excluding hydrogens is 499 g/mol. The van der Waals surface area contributed by atoms with Gasteiger partial charge in [0.05, 0.1) is 6.54 Å². The number of aliphatic imine (C=N–C) groups is 1. The minimum Gasteiger partial charge on any atom is -0.492 e. The van der Waals surface area contributed by atoms with Crippen molar-refractivity contribution in [1.82, 2.24) is 16.0 Å². The molecule has 0 aliphatic rings. The lowest BCUT2D eigenvalue weighted by Gasteiger charge is -2.20. The van der Waals surface area contributed by atoms with E-state index >= 15 is 0 Å². The van der Waals surface area contributed by atoms with Gasteiger partial charge in [0.1, 0.15) is 18.9 Å². The van der Waals surface area contributed by atoms with Crippen LogP contribution >= 0.6 is 39.9 Å². The summed E-state index contributed by atoms with van der Waals surface area (Å²) in [4.78, 5) is 16.1. The van der Waals surface area contributed by atoms with Gasteiger partial charge in [0.25, 0.3) is 0 Å². The molecule has 1 rings (SSSR count). The molecular formula is C17H28BrIN4O2. The molecule has 6 nitrogen and oxygen atoms in total. The summed E-state index contributed by atoms with van der Waals surface area (Å²) in [5, 5.41) is 9.13. The van der Waals surface area contributed by atoms with Crippen LogP contribution in [0.25, 0.3) is 0 Å². The van der Waals surface area contributed by atoms with Crippen LogP contribution in [0.1, 0.15) is 27.7 Å². The molecule has 3 N–H and O–H groups in total. The fraction of sp³-hybridized carbons (Fsp3) is 0.529. The van der Waals surface area contributed by atoms with Crippen molar-refractivity contribution < 1.29 is 9.53 Å². The minimum absolute atomic E-state index is 0. The largest absolute Gasteiger partial charge is 0.492 e. The fourth-order valence-corrected chi connectivity index (χ4v) is 2.08. The lowest BCUT2D eigenvalue weighted by Crippen LogP contribution is -2.43. The highest BCUT2D eigenvalue weighted by Crippen LogP contribution is 2.15. The van der Waals surface area contributed by atoms with Gasteiger partial charge in [0.2, 0.25) is 5.91 Å². The number of nitrogens with zero attached hydrogens (tertiary/aromatic N) is 1. The average molecular weight is 527 g/mol. The molecule has 1 aromatic carbocycles. The number of carbonyl (C=O) groups excluding carboxylic acids is 1. The summed E-state index contributed by atoms with van der Waals surface area (Å²) in [5.41, 5.74) is -0.253.